The summed E-state index contributed by atoms with van der Waals surface area (Å²) in [5.41, 5.74) is 0. The average molecular weight is 454 g/mol. The van der Waals surface area contributed by atoms with Crippen molar-refractivity contribution in [3.8, 4) is 0 Å². The molecule has 0 aliphatic rings. The second-order valence-corrected chi connectivity index (χ2v) is 4.31. The van der Waals surface area contributed by atoms with Crippen molar-refractivity contribution in [3.05, 3.63) is 99.8 Å². The number of rotatable bonds is 0. The van der Waals surface area contributed by atoms with Gasteiger partial charge >= 0.3 is 30.7 Å². The van der Waals surface area contributed by atoms with Gasteiger partial charge in [-0.05, 0) is 0 Å². The molecule has 0 fully saturated rings. The van der Waals surface area contributed by atoms with Crippen molar-refractivity contribution in [2.24, 2.45) is 0 Å². The fraction of sp³-hybridized carbons (Fsp3) is 0. The van der Waals surface area contributed by atoms with E-state index in [1.807, 2.05) is 30.7 Å². The van der Waals surface area contributed by atoms with Crippen molar-refractivity contribution < 1.29 is 17.6 Å². The van der Waals surface area contributed by atoms with Crippen LogP contribution in [0.3, 0.4) is 0 Å². The molecule has 0 aliphatic carbocycles. The molecule has 0 aromatic heterocycles. The van der Waals surface area contributed by atoms with Crippen LogP contribution >= 0.6 is 24.8 Å². The maximum absolute atomic E-state index is 2.12. The van der Waals surface area contributed by atoms with E-state index in [-0.39, 0.29) is 39.7 Å². The van der Waals surface area contributed by atoms with Gasteiger partial charge in [0.15, 0.2) is 0 Å². The average Bonchev–Trinajstić information content (AvgIpc) is 3.18. The van der Waals surface area contributed by atoms with Crippen LogP contribution in [0.5, 0.6) is 0 Å². The van der Waals surface area contributed by atoms with Crippen molar-refractivity contribution in [1.82, 2.24) is 0 Å². The Kier molecular flexibility index (Phi) is 18.9. The van der Waals surface area contributed by atoms with Crippen LogP contribution in [0, 0.1) is 14.9 Å². The molecular formula is C20H22Cl2GeTi-4. The molecule has 0 atom stereocenters. The minimum Gasteiger partial charge on any atom is -0.168 e. The second kappa shape index (κ2) is 16.0. The Morgan fingerprint density at radius 2 is 0.917 bits per heavy atom. The van der Waals surface area contributed by atoms with E-state index in [9.17, 15) is 0 Å². The van der Waals surface area contributed by atoms with E-state index in [1.54, 1.807) is 0 Å². The molecule has 0 nitrogen and oxygen atoms in total. The number of hydrogen-bond acceptors (Lipinski definition) is 0. The number of benzene rings is 2. The number of halogens is 2. The summed E-state index contributed by atoms with van der Waals surface area (Å²) in [5, 5.41) is 5.32. The Labute approximate surface area is 175 Å². The van der Waals surface area contributed by atoms with E-state index in [0.29, 0.717) is 0 Å². The molecule has 0 saturated heterocycles. The molecule has 0 saturated carbocycles. The third-order valence-electron chi connectivity index (χ3n) is 3.10. The molecule has 4 heteroatoms. The maximum Gasteiger partial charge on any atom is -0.0809 e. The molecule has 0 amide bonds. The molecule has 0 unspecified atom stereocenters. The van der Waals surface area contributed by atoms with Crippen LogP contribution in [-0.2, 0) is 17.6 Å². The Morgan fingerprint density at radius 1 is 0.583 bits per heavy atom. The van der Waals surface area contributed by atoms with Gasteiger partial charge in [0.2, 0.25) is 0 Å². The van der Waals surface area contributed by atoms with E-state index >= 15 is 0 Å². The largest absolute Gasteiger partial charge is 0.168 e. The quantitative estimate of drug-likeness (QED) is 0.211. The Morgan fingerprint density at radius 3 is 1.25 bits per heavy atom. The first-order valence-corrected chi connectivity index (χ1v) is 11.5. The van der Waals surface area contributed by atoms with Crippen LogP contribution in [0.15, 0.2) is 84.9 Å². The molecule has 4 aromatic rings. The zero-order valence-corrected chi connectivity index (χ0v) is 19.2. The minimum atomic E-state index is 0. The fourth-order valence-corrected chi connectivity index (χ4v) is 2.14. The normalized spacial score (nSPS) is 7.79. The van der Waals surface area contributed by atoms with E-state index in [1.165, 1.54) is 21.5 Å². The van der Waals surface area contributed by atoms with Crippen molar-refractivity contribution in [2.45, 2.75) is 0 Å². The molecule has 2 radical (unpaired) electrons. The molecular weight excluding hydrogens is 432 g/mol. The van der Waals surface area contributed by atoms with Gasteiger partial charge in [0.1, 0.15) is 0 Å². The van der Waals surface area contributed by atoms with E-state index in [0.717, 1.165) is 0 Å². The first-order chi connectivity index (χ1) is 9.93. The fourth-order valence-electron chi connectivity index (χ4n) is 2.14. The Hall–Kier alpha value is -0.503. The van der Waals surface area contributed by atoms with Crippen LogP contribution in [0.25, 0.3) is 21.5 Å². The van der Waals surface area contributed by atoms with Crippen molar-refractivity contribution >= 4 is 59.5 Å². The summed E-state index contributed by atoms with van der Waals surface area (Å²) >= 11 is 4.00. The van der Waals surface area contributed by atoms with Gasteiger partial charge in [-0.15, -0.1) is 84.1 Å². The summed E-state index contributed by atoms with van der Waals surface area (Å²) in [4.78, 5) is 0. The number of fused-ring (bicyclic) bond motifs is 2. The van der Waals surface area contributed by atoms with Crippen molar-refractivity contribution in [2.75, 3.05) is 0 Å². The molecule has 128 valence electrons. The molecule has 0 N–H and O–H groups in total. The zero-order chi connectivity index (χ0) is 14.2. The molecule has 0 heterocycles. The topological polar surface area (TPSA) is 0 Å². The van der Waals surface area contributed by atoms with Gasteiger partial charge in [-0.25, -0.2) is 0 Å². The maximum atomic E-state index is 2.12. The molecule has 24 heavy (non-hydrogen) atoms. The molecule has 4 aromatic carbocycles. The molecule has 0 spiro atoms. The van der Waals surface area contributed by atoms with Crippen LogP contribution < -0.4 is 0 Å². The van der Waals surface area contributed by atoms with Gasteiger partial charge in [0.05, 0.1) is 0 Å². The third kappa shape index (κ3) is 8.05. The smallest absolute Gasteiger partial charge is 0.0809 e. The van der Waals surface area contributed by atoms with Crippen LogP contribution in [0.1, 0.15) is 0 Å². The van der Waals surface area contributed by atoms with Crippen LogP contribution in [0.2, 0.25) is 0 Å². The summed E-state index contributed by atoms with van der Waals surface area (Å²) in [6.07, 6.45) is 0. The number of hydrogen-bond donors (Lipinski definition) is 0. The summed E-state index contributed by atoms with van der Waals surface area (Å²) < 4.78 is 0. The minimum absolute atomic E-state index is 0. The third-order valence-corrected chi connectivity index (χ3v) is 3.10. The first kappa shape index (κ1) is 28.3. The summed E-state index contributed by atoms with van der Waals surface area (Å²) in [7, 11) is 0. The van der Waals surface area contributed by atoms with Gasteiger partial charge in [0, 0.05) is 0 Å². The molecule has 0 aliphatic heterocycles. The van der Waals surface area contributed by atoms with Gasteiger partial charge in [-0.1, -0.05) is 12.1 Å². The van der Waals surface area contributed by atoms with Gasteiger partial charge in [0.25, 0.3) is 0 Å². The predicted octanol–water partition coefficient (Wildman–Crippen LogP) is 6.48. The standard InChI is InChI=1S/2C9H7.2CH3.2ClH.Ge.Ti/c2*1-2-5-9-7-3-6-8(9)4-1;;;;;;/h2*1-7H;2*1H3;2*1H;;/q4*-1;;;;. The van der Waals surface area contributed by atoms with Gasteiger partial charge in [-0.3, -0.25) is 0 Å². The Bertz CT molecular complexity index is 651. The van der Waals surface area contributed by atoms with Crippen LogP contribution in [-0.4, -0.2) is 13.1 Å². The van der Waals surface area contributed by atoms with E-state index < -0.39 is 0 Å². The summed E-state index contributed by atoms with van der Waals surface area (Å²) in [5.74, 6) is 0. The molecule has 0 bridgehead atoms. The second-order valence-electron chi connectivity index (χ2n) is 4.31. The van der Waals surface area contributed by atoms with E-state index in [2.05, 4.69) is 84.9 Å². The van der Waals surface area contributed by atoms with E-state index in [4.69, 9.17) is 0 Å². The van der Waals surface area contributed by atoms with Crippen molar-refractivity contribution in [3.63, 3.8) is 0 Å². The van der Waals surface area contributed by atoms with Crippen molar-refractivity contribution in [1.29, 1.82) is 0 Å². The first-order valence-electron chi connectivity index (χ1n) is 6.39. The Balaban J connectivity index is -0.000000290. The SMILES string of the molecule is Cl.Cl.[CH3-].[CH3-].[Ti]=[Ge].c1ccc2[cH-]ccc2c1.c1ccc2[cH-]ccc2c1. The van der Waals surface area contributed by atoms with Crippen LogP contribution in [0.4, 0.5) is 0 Å². The zero-order valence-electron chi connectivity index (χ0n) is 13.9. The van der Waals surface area contributed by atoms with Gasteiger partial charge < -0.3 is 14.9 Å². The summed E-state index contributed by atoms with van der Waals surface area (Å²) in [6.45, 7) is 0. The molecule has 4 rings (SSSR count). The summed E-state index contributed by atoms with van der Waals surface area (Å²) in [6, 6.07) is 29.3. The monoisotopic (exact) mass is 454 g/mol. The predicted molar refractivity (Wildman–Crippen MR) is 112 cm³/mol. The van der Waals surface area contributed by atoms with Gasteiger partial charge in [-0.2, -0.15) is 35.0 Å².